The summed E-state index contributed by atoms with van der Waals surface area (Å²) in [7, 11) is 1.60. The highest BCUT2D eigenvalue weighted by Crippen LogP contribution is 2.25. The van der Waals surface area contributed by atoms with Gasteiger partial charge in [0.05, 0.1) is 12.1 Å². The van der Waals surface area contributed by atoms with E-state index in [0.717, 1.165) is 5.56 Å². The zero-order valence-corrected chi connectivity index (χ0v) is 9.08. The van der Waals surface area contributed by atoms with Crippen LogP contribution in [0.1, 0.15) is 12.5 Å². The van der Waals surface area contributed by atoms with Crippen LogP contribution in [0.4, 0.5) is 0 Å². The van der Waals surface area contributed by atoms with Gasteiger partial charge >= 0.3 is 0 Å². The van der Waals surface area contributed by atoms with Crippen LogP contribution in [0.25, 0.3) is 6.08 Å². The minimum Gasteiger partial charge on any atom is -0.495 e. The molecule has 1 aromatic rings. The Balaban J connectivity index is 2.89. The molecular formula is C11H14ClNO. The van der Waals surface area contributed by atoms with Crippen molar-refractivity contribution in [3.63, 3.8) is 0 Å². The summed E-state index contributed by atoms with van der Waals surface area (Å²) in [5, 5.41) is 0.616. The summed E-state index contributed by atoms with van der Waals surface area (Å²) in [6.07, 6.45) is 3.87. The minimum atomic E-state index is 0.0525. The third-order valence-corrected chi connectivity index (χ3v) is 2.08. The molecule has 3 heteroatoms. The van der Waals surface area contributed by atoms with Crippen LogP contribution in [-0.2, 0) is 0 Å². The van der Waals surface area contributed by atoms with Gasteiger partial charge in [0.1, 0.15) is 5.75 Å². The molecule has 0 spiro atoms. The van der Waals surface area contributed by atoms with Crippen LogP contribution >= 0.6 is 11.6 Å². The fourth-order valence-electron chi connectivity index (χ4n) is 1.04. The van der Waals surface area contributed by atoms with Gasteiger partial charge in [0.15, 0.2) is 0 Å². The van der Waals surface area contributed by atoms with Crippen molar-refractivity contribution >= 4 is 17.7 Å². The molecule has 0 saturated heterocycles. The Morgan fingerprint density at radius 3 is 2.79 bits per heavy atom. The monoisotopic (exact) mass is 211 g/mol. The molecule has 1 aromatic carbocycles. The largest absolute Gasteiger partial charge is 0.495 e. The first kappa shape index (κ1) is 11.1. The summed E-state index contributed by atoms with van der Waals surface area (Å²) in [6, 6.07) is 5.66. The Hall–Kier alpha value is -0.990. The van der Waals surface area contributed by atoms with Gasteiger partial charge in [-0.1, -0.05) is 29.8 Å². The standard InChI is InChI=1S/C11H14ClNO/c1-8(13)3-4-9-5-6-10(12)11(7-9)14-2/h3-8H,13H2,1-2H3/b4-3+. The normalized spacial score (nSPS) is 13.1. The lowest BCUT2D eigenvalue weighted by atomic mass is 10.2. The van der Waals surface area contributed by atoms with Gasteiger partial charge in [-0.15, -0.1) is 0 Å². The van der Waals surface area contributed by atoms with E-state index in [1.165, 1.54) is 0 Å². The smallest absolute Gasteiger partial charge is 0.138 e. The zero-order valence-electron chi connectivity index (χ0n) is 8.33. The van der Waals surface area contributed by atoms with Gasteiger partial charge in [0, 0.05) is 6.04 Å². The molecule has 1 rings (SSSR count). The molecule has 0 heterocycles. The van der Waals surface area contributed by atoms with Gasteiger partial charge in [-0.2, -0.15) is 0 Å². The van der Waals surface area contributed by atoms with Crippen LogP contribution in [0, 0.1) is 0 Å². The number of hydrogen-bond donors (Lipinski definition) is 1. The number of rotatable bonds is 3. The molecule has 0 aliphatic heterocycles. The lowest BCUT2D eigenvalue weighted by molar-refractivity contribution is 0.415. The number of benzene rings is 1. The van der Waals surface area contributed by atoms with Crippen LogP contribution in [0.15, 0.2) is 24.3 Å². The van der Waals surface area contributed by atoms with Gasteiger partial charge in [-0.3, -0.25) is 0 Å². The maximum atomic E-state index is 5.89. The maximum Gasteiger partial charge on any atom is 0.138 e. The fraction of sp³-hybridized carbons (Fsp3) is 0.273. The van der Waals surface area contributed by atoms with Crippen molar-refractivity contribution in [2.75, 3.05) is 7.11 Å². The molecule has 14 heavy (non-hydrogen) atoms. The summed E-state index contributed by atoms with van der Waals surface area (Å²) in [6.45, 7) is 1.92. The predicted molar refractivity (Wildman–Crippen MR) is 60.7 cm³/mol. The summed E-state index contributed by atoms with van der Waals surface area (Å²) in [5.74, 6) is 0.679. The fourth-order valence-corrected chi connectivity index (χ4v) is 1.24. The number of methoxy groups -OCH3 is 1. The molecule has 0 aliphatic rings. The van der Waals surface area contributed by atoms with Crippen molar-refractivity contribution in [1.29, 1.82) is 0 Å². The van der Waals surface area contributed by atoms with Crippen LogP contribution in [0.2, 0.25) is 5.02 Å². The van der Waals surface area contributed by atoms with Crippen molar-refractivity contribution < 1.29 is 4.74 Å². The number of hydrogen-bond acceptors (Lipinski definition) is 2. The first-order chi connectivity index (χ1) is 6.63. The van der Waals surface area contributed by atoms with Gasteiger partial charge in [-0.05, 0) is 24.6 Å². The van der Waals surface area contributed by atoms with Crippen molar-refractivity contribution in [1.82, 2.24) is 0 Å². The van der Waals surface area contributed by atoms with Crippen LogP contribution in [0.5, 0.6) is 5.75 Å². The topological polar surface area (TPSA) is 35.2 Å². The van der Waals surface area contributed by atoms with E-state index in [9.17, 15) is 0 Å². The van der Waals surface area contributed by atoms with E-state index in [0.29, 0.717) is 10.8 Å². The molecule has 1 unspecified atom stereocenters. The Bertz CT molecular complexity index is 334. The van der Waals surface area contributed by atoms with E-state index in [2.05, 4.69) is 0 Å². The zero-order chi connectivity index (χ0) is 10.6. The number of halogens is 1. The second-order valence-corrected chi connectivity index (χ2v) is 3.52. The second kappa shape index (κ2) is 5.03. The second-order valence-electron chi connectivity index (χ2n) is 3.11. The van der Waals surface area contributed by atoms with E-state index in [1.54, 1.807) is 13.2 Å². The molecule has 2 nitrogen and oxygen atoms in total. The lowest BCUT2D eigenvalue weighted by Gasteiger charge is -2.03. The Labute approximate surface area is 89.3 Å². The molecule has 76 valence electrons. The molecule has 0 radical (unpaired) electrons. The number of nitrogens with two attached hydrogens (primary N) is 1. The first-order valence-electron chi connectivity index (χ1n) is 4.41. The molecular weight excluding hydrogens is 198 g/mol. The minimum absolute atomic E-state index is 0.0525. The Morgan fingerprint density at radius 2 is 2.21 bits per heavy atom. The average molecular weight is 212 g/mol. The molecule has 0 bridgehead atoms. The summed E-state index contributed by atoms with van der Waals surface area (Å²) < 4.78 is 5.10. The molecule has 0 saturated carbocycles. The van der Waals surface area contributed by atoms with E-state index in [4.69, 9.17) is 22.1 Å². The van der Waals surface area contributed by atoms with Crippen molar-refractivity contribution in [2.45, 2.75) is 13.0 Å². The Kier molecular flexibility index (Phi) is 3.98. The third-order valence-electron chi connectivity index (χ3n) is 1.77. The van der Waals surface area contributed by atoms with Gasteiger partial charge in [0.25, 0.3) is 0 Å². The van der Waals surface area contributed by atoms with Crippen molar-refractivity contribution in [3.05, 3.63) is 34.9 Å². The van der Waals surface area contributed by atoms with E-state index < -0.39 is 0 Å². The molecule has 0 amide bonds. The quantitative estimate of drug-likeness (QED) is 0.835. The van der Waals surface area contributed by atoms with Gasteiger partial charge < -0.3 is 10.5 Å². The third kappa shape index (κ3) is 3.05. The Morgan fingerprint density at radius 1 is 1.50 bits per heavy atom. The van der Waals surface area contributed by atoms with Crippen LogP contribution in [0.3, 0.4) is 0 Å². The first-order valence-corrected chi connectivity index (χ1v) is 4.78. The summed E-state index contributed by atoms with van der Waals surface area (Å²) in [5.41, 5.74) is 6.63. The van der Waals surface area contributed by atoms with Crippen molar-refractivity contribution in [3.8, 4) is 5.75 Å². The van der Waals surface area contributed by atoms with Crippen molar-refractivity contribution in [2.24, 2.45) is 5.73 Å². The van der Waals surface area contributed by atoms with E-state index >= 15 is 0 Å². The highest BCUT2D eigenvalue weighted by atomic mass is 35.5. The number of ether oxygens (including phenoxy) is 1. The molecule has 0 fully saturated rings. The van der Waals surface area contributed by atoms with E-state index in [1.807, 2.05) is 31.2 Å². The highest BCUT2D eigenvalue weighted by Gasteiger charge is 1.99. The van der Waals surface area contributed by atoms with Gasteiger partial charge in [-0.25, -0.2) is 0 Å². The predicted octanol–water partition coefficient (Wildman–Crippen LogP) is 2.71. The molecule has 0 aromatic heterocycles. The molecule has 1 atom stereocenters. The molecule has 0 aliphatic carbocycles. The van der Waals surface area contributed by atoms with Crippen LogP contribution < -0.4 is 10.5 Å². The lowest BCUT2D eigenvalue weighted by Crippen LogP contribution is -2.09. The summed E-state index contributed by atoms with van der Waals surface area (Å²) >= 11 is 5.89. The summed E-state index contributed by atoms with van der Waals surface area (Å²) in [4.78, 5) is 0. The maximum absolute atomic E-state index is 5.89. The average Bonchev–Trinajstić information content (AvgIpc) is 2.16. The highest BCUT2D eigenvalue weighted by molar-refractivity contribution is 6.32. The van der Waals surface area contributed by atoms with E-state index in [-0.39, 0.29) is 6.04 Å². The van der Waals surface area contributed by atoms with Crippen LogP contribution in [-0.4, -0.2) is 13.2 Å². The SMILES string of the molecule is COc1cc(/C=C/C(C)N)ccc1Cl. The van der Waals surface area contributed by atoms with Gasteiger partial charge in [0.2, 0.25) is 0 Å². The molecule has 2 N–H and O–H groups in total.